The van der Waals surface area contributed by atoms with Gasteiger partial charge in [0.15, 0.2) is 0 Å². The number of carbonyl (C=O) groups excluding carboxylic acids is 2. The Kier molecular flexibility index (Phi) is 6.29. The maximum absolute atomic E-state index is 13.2. The molecular formula is C17H23F2O7S-. The molecule has 0 atom stereocenters. The van der Waals surface area contributed by atoms with Crippen LogP contribution in [0.2, 0.25) is 0 Å². The molecule has 0 N–H and O–H groups in total. The number of hydrogen-bond donors (Lipinski definition) is 0. The molecule has 4 fully saturated rings. The summed E-state index contributed by atoms with van der Waals surface area (Å²) in [6, 6.07) is 0. The third-order valence-corrected chi connectivity index (χ3v) is 6.76. The third kappa shape index (κ3) is 4.55. The maximum atomic E-state index is 13.2. The Labute approximate surface area is 160 Å². The van der Waals surface area contributed by atoms with Gasteiger partial charge in [0.25, 0.3) is 0 Å². The second kappa shape index (κ2) is 8.18. The van der Waals surface area contributed by atoms with E-state index in [9.17, 15) is 23.6 Å². The van der Waals surface area contributed by atoms with Gasteiger partial charge in [0, 0.05) is 6.42 Å². The lowest BCUT2D eigenvalue weighted by Crippen LogP contribution is -2.58. The fourth-order valence-corrected chi connectivity index (χ4v) is 5.38. The van der Waals surface area contributed by atoms with E-state index in [1.807, 2.05) is 6.92 Å². The molecule has 4 aliphatic carbocycles. The van der Waals surface area contributed by atoms with E-state index in [0.29, 0.717) is 11.8 Å². The Bertz CT molecular complexity index is 543. The van der Waals surface area contributed by atoms with Gasteiger partial charge in [0.1, 0.15) is 17.6 Å². The first-order chi connectivity index (χ1) is 12.7. The molecule has 0 aromatic rings. The first kappa shape index (κ1) is 20.8. The van der Waals surface area contributed by atoms with Crippen LogP contribution in [-0.4, -0.2) is 29.4 Å². The number of rotatable bonds is 9. The fraction of sp³-hybridized carbons (Fsp3) is 0.882. The van der Waals surface area contributed by atoms with E-state index in [2.05, 4.69) is 14.1 Å². The second-order valence-electron chi connectivity index (χ2n) is 7.94. The zero-order chi connectivity index (χ0) is 19.7. The summed E-state index contributed by atoms with van der Waals surface area (Å²) in [5.74, 6) is 0.0450. The van der Waals surface area contributed by atoms with Crippen LogP contribution < -0.4 is 5.26 Å². The smallest absolute Gasteiger partial charge is 0.415 e. The minimum atomic E-state index is -4.07. The van der Waals surface area contributed by atoms with E-state index in [4.69, 9.17) is 4.74 Å². The van der Waals surface area contributed by atoms with Gasteiger partial charge in [0.05, 0.1) is 6.61 Å². The Morgan fingerprint density at radius 1 is 1.15 bits per heavy atom. The van der Waals surface area contributed by atoms with Crippen LogP contribution in [0, 0.1) is 23.7 Å². The zero-order valence-electron chi connectivity index (χ0n) is 15.0. The molecular weight excluding hydrogens is 386 g/mol. The first-order valence-electron chi connectivity index (χ1n) is 9.15. The highest BCUT2D eigenvalue weighted by Gasteiger charge is 2.57. The van der Waals surface area contributed by atoms with Gasteiger partial charge in [-0.2, -0.15) is 13.1 Å². The molecule has 0 aromatic carbocycles. The normalized spacial score (nSPS) is 34.5. The SMILES string of the molecule is CC1(OC(=O)CCCOC(=O)C(F)(F)SOO[O-])C2CC3CC(C2)CC1C3. The van der Waals surface area contributed by atoms with Crippen molar-refractivity contribution in [2.24, 2.45) is 23.7 Å². The van der Waals surface area contributed by atoms with Crippen molar-refractivity contribution in [3.63, 3.8) is 0 Å². The van der Waals surface area contributed by atoms with Crippen LogP contribution in [0.25, 0.3) is 0 Å². The summed E-state index contributed by atoms with van der Waals surface area (Å²) in [5.41, 5.74) is -0.444. The van der Waals surface area contributed by atoms with Gasteiger partial charge in [0.2, 0.25) is 0 Å². The molecule has 10 heteroatoms. The van der Waals surface area contributed by atoms with Crippen LogP contribution in [0.1, 0.15) is 51.9 Å². The molecule has 4 bridgehead atoms. The van der Waals surface area contributed by atoms with Crippen LogP contribution >= 0.6 is 12.0 Å². The highest BCUT2D eigenvalue weighted by Crippen LogP contribution is 2.59. The molecule has 0 aromatic heterocycles. The van der Waals surface area contributed by atoms with E-state index in [-0.39, 0.29) is 19.4 Å². The van der Waals surface area contributed by atoms with E-state index < -0.39 is 34.8 Å². The van der Waals surface area contributed by atoms with Crippen molar-refractivity contribution in [2.45, 2.75) is 62.7 Å². The Balaban J connectivity index is 1.40. The number of esters is 2. The average molecular weight is 409 g/mol. The van der Waals surface area contributed by atoms with Gasteiger partial charge in [-0.25, -0.2) is 4.79 Å². The van der Waals surface area contributed by atoms with Crippen molar-refractivity contribution >= 4 is 24.0 Å². The molecule has 4 rings (SSSR count). The molecule has 4 saturated carbocycles. The predicted octanol–water partition coefficient (Wildman–Crippen LogP) is 2.53. The van der Waals surface area contributed by atoms with Crippen LogP contribution in [0.4, 0.5) is 8.78 Å². The molecule has 0 radical (unpaired) electrons. The number of ether oxygens (including phenoxy) is 2. The average Bonchev–Trinajstić information content (AvgIpc) is 2.61. The summed E-state index contributed by atoms with van der Waals surface area (Å²) in [7, 11) is 0. The number of alkyl halides is 2. The number of hydrogen-bond acceptors (Lipinski definition) is 8. The van der Waals surface area contributed by atoms with Gasteiger partial charge >= 0.3 is 17.2 Å². The van der Waals surface area contributed by atoms with Crippen molar-refractivity contribution < 1.29 is 42.5 Å². The summed E-state index contributed by atoms with van der Waals surface area (Å²) < 4.78 is 40.0. The largest absolute Gasteiger partial charge is 0.691 e. The highest BCUT2D eigenvalue weighted by atomic mass is 32.2. The monoisotopic (exact) mass is 409 g/mol. The minimum Gasteiger partial charge on any atom is -0.691 e. The lowest BCUT2D eigenvalue weighted by Gasteiger charge is -2.59. The quantitative estimate of drug-likeness (QED) is 0.189. The van der Waals surface area contributed by atoms with Crippen molar-refractivity contribution in [1.82, 2.24) is 0 Å². The van der Waals surface area contributed by atoms with E-state index in [1.54, 1.807) is 0 Å². The molecule has 154 valence electrons. The molecule has 0 aliphatic heterocycles. The first-order valence-corrected chi connectivity index (χ1v) is 9.90. The molecule has 7 nitrogen and oxygen atoms in total. The standard InChI is InChI=1S/C17H24F2O7S/c1-16(12-6-10-5-11(8-12)9-13(16)7-10)24-14(20)3-2-4-23-15(21)17(18,19)27-26-25-22/h10-13,22H,2-9H2,1H3/p-1. The number of halogens is 2. The van der Waals surface area contributed by atoms with Gasteiger partial charge in [-0.1, -0.05) is 0 Å². The van der Waals surface area contributed by atoms with E-state index in [0.717, 1.165) is 37.5 Å². The van der Waals surface area contributed by atoms with Gasteiger partial charge in [-0.05, 0) is 69.1 Å². The summed E-state index contributed by atoms with van der Waals surface area (Å²) in [5, 5.41) is 8.24. The number of carbonyl (C=O) groups is 2. The van der Waals surface area contributed by atoms with Gasteiger partial charge in [-0.3, -0.25) is 9.83 Å². The van der Waals surface area contributed by atoms with Crippen molar-refractivity contribution in [2.75, 3.05) is 6.61 Å². The van der Waals surface area contributed by atoms with Crippen molar-refractivity contribution in [3.05, 3.63) is 0 Å². The maximum Gasteiger partial charge on any atom is 0.415 e. The molecule has 4 aliphatic rings. The van der Waals surface area contributed by atoms with Crippen LogP contribution in [-0.2, 0) is 28.4 Å². The lowest BCUT2D eigenvalue weighted by atomic mass is 9.50. The third-order valence-electron chi connectivity index (χ3n) is 6.26. The Morgan fingerprint density at radius 3 is 2.30 bits per heavy atom. The molecule has 0 amide bonds. The summed E-state index contributed by atoms with van der Waals surface area (Å²) in [4.78, 5) is 23.4. The molecule has 0 spiro atoms. The molecule has 27 heavy (non-hydrogen) atoms. The summed E-state index contributed by atoms with van der Waals surface area (Å²) >= 11 is -0.747. The fourth-order valence-electron chi connectivity index (χ4n) is 5.14. The van der Waals surface area contributed by atoms with Gasteiger partial charge in [-0.15, -0.1) is 0 Å². The minimum absolute atomic E-state index is 0.0198. The molecule has 0 heterocycles. The summed E-state index contributed by atoms with van der Waals surface area (Å²) in [6.45, 7) is 1.66. The Hall–Kier alpha value is -0.970. The van der Waals surface area contributed by atoms with E-state index in [1.165, 1.54) is 6.42 Å². The van der Waals surface area contributed by atoms with Crippen molar-refractivity contribution in [1.29, 1.82) is 0 Å². The van der Waals surface area contributed by atoms with Crippen LogP contribution in [0.3, 0.4) is 0 Å². The zero-order valence-corrected chi connectivity index (χ0v) is 15.8. The van der Waals surface area contributed by atoms with Crippen LogP contribution in [0.15, 0.2) is 0 Å². The summed E-state index contributed by atoms with van der Waals surface area (Å²) in [6.07, 6.45) is 5.78. The Morgan fingerprint density at radius 2 is 1.74 bits per heavy atom. The van der Waals surface area contributed by atoms with Crippen molar-refractivity contribution in [3.8, 4) is 0 Å². The lowest BCUT2D eigenvalue weighted by molar-refractivity contribution is -0.777. The second-order valence-corrected chi connectivity index (χ2v) is 8.75. The van der Waals surface area contributed by atoms with Gasteiger partial charge < -0.3 is 14.7 Å². The molecule has 0 saturated heterocycles. The molecule has 0 unspecified atom stereocenters. The predicted molar refractivity (Wildman–Crippen MR) is 86.4 cm³/mol. The highest BCUT2D eigenvalue weighted by molar-refractivity contribution is 7.96. The van der Waals surface area contributed by atoms with Crippen LogP contribution in [0.5, 0.6) is 0 Å². The van der Waals surface area contributed by atoms with E-state index >= 15 is 0 Å². The topological polar surface area (TPSA) is 94.1 Å².